The summed E-state index contributed by atoms with van der Waals surface area (Å²) in [6.45, 7) is 9.06. The molecule has 0 radical (unpaired) electrons. The lowest BCUT2D eigenvalue weighted by atomic mass is 10.1. The van der Waals surface area contributed by atoms with Crippen molar-refractivity contribution in [2.24, 2.45) is 0 Å². The van der Waals surface area contributed by atoms with E-state index in [0.29, 0.717) is 0 Å². The summed E-state index contributed by atoms with van der Waals surface area (Å²) in [7, 11) is 2.28. The van der Waals surface area contributed by atoms with Gasteiger partial charge in [-0.1, -0.05) is 84.5 Å². The van der Waals surface area contributed by atoms with Crippen molar-refractivity contribution in [3.63, 3.8) is 0 Å². The van der Waals surface area contributed by atoms with Crippen LogP contribution in [0, 0.1) is 0 Å². The van der Waals surface area contributed by atoms with Gasteiger partial charge in [0.2, 0.25) is 0 Å². The molecule has 0 aromatic rings. The molecular weight excluding hydrogens is 294 g/mol. The second-order valence-corrected chi connectivity index (χ2v) is 7.51. The van der Waals surface area contributed by atoms with E-state index in [1.807, 2.05) is 0 Å². The van der Waals surface area contributed by atoms with E-state index in [9.17, 15) is 0 Å². The summed E-state index contributed by atoms with van der Waals surface area (Å²) < 4.78 is 5.74. The van der Waals surface area contributed by atoms with E-state index in [-0.39, 0.29) is 0 Å². The second-order valence-electron chi connectivity index (χ2n) is 7.51. The van der Waals surface area contributed by atoms with Crippen molar-refractivity contribution in [2.45, 2.75) is 110 Å². The van der Waals surface area contributed by atoms with E-state index in [0.717, 1.165) is 13.2 Å². The molecule has 0 aliphatic carbocycles. The summed E-state index contributed by atoms with van der Waals surface area (Å²) in [5, 5.41) is 0. The highest BCUT2D eigenvalue weighted by atomic mass is 16.5. The lowest BCUT2D eigenvalue weighted by Gasteiger charge is -2.16. The number of unbranched alkanes of at least 4 members (excludes halogenated alkanes) is 12. The summed E-state index contributed by atoms with van der Waals surface area (Å²) >= 11 is 0. The first-order valence-electron chi connectivity index (χ1n) is 11.1. The van der Waals surface area contributed by atoms with Gasteiger partial charge in [-0.25, -0.2) is 0 Å². The molecule has 0 aliphatic rings. The van der Waals surface area contributed by atoms with Crippen LogP contribution < -0.4 is 0 Å². The molecule has 0 atom stereocenters. The first kappa shape index (κ1) is 23.9. The molecule has 0 N–H and O–H groups in total. The van der Waals surface area contributed by atoms with Crippen LogP contribution >= 0.6 is 0 Å². The maximum absolute atomic E-state index is 5.74. The molecule has 0 saturated carbocycles. The highest BCUT2D eigenvalue weighted by molar-refractivity contribution is 4.54. The van der Waals surface area contributed by atoms with Crippen LogP contribution in [-0.4, -0.2) is 38.3 Å². The van der Waals surface area contributed by atoms with Gasteiger partial charge >= 0.3 is 0 Å². The van der Waals surface area contributed by atoms with Gasteiger partial charge in [0.25, 0.3) is 0 Å². The van der Waals surface area contributed by atoms with E-state index in [4.69, 9.17) is 4.74 Å². The molecular formula is C22H47NO. The summed E-state index contributed by atoms with van der Waals surface area (Å²) in [4.78, 5) is 2.51. The first-order valence-corrected chi connectivity index (χ1v) is 11.1. The third kappa shape index (κ3) is 20.0. The fraction of sp³-hybridized carbons (Fsp3) is 1.00. The largest absolute Gasteiger partial charge is 0.381 e. The fourth-order valence-corrected chi connectivity index (χ4v) is 3.12. The van der Waals surface area contributed by atoms with Gasteiger partial charge in [-0.05, 0) is 45.8 Å². The number of hydrogen-bond donors (Lipinski definition) is 0. The average Bonchev–Trinajstić information content (AvgIpc) is 2.59. The van der Waals surface area contributed by atoms with Crippen LogP contribution in [0.5, 0.6) is 0 Å². The van der Waals surface area contributed by atoms with Crippen molar-refractivity contribution >= 4 is 0 Å². The predicted octanol–water partition coefficient (Wildman–Crippen LogP) is 6.83. The van der Waals surface area contributed by atoms with E-state index < -0.39 is 0 Å². The van der Waals surface area contributed by atoms with Gasteiger partial charge in [-0.3, -0.25) is 0 Å². The Kier molecular flexibility index (Phi) is 20.9. The van der Waals surface area contributed by atoms with Crippen molar-refractivity contribution < 1.29 is 4.74 Å². The lowest BCUT2D eigenvalue weighted by Crippen LogP contribution is -2.20. The van der Waals surface area contributed by atoms with Gasteiger partial charge in [0.15, 0.2) is 0 Å². The Bertz CT molecular complexity index is 220. The molecule has 0 spiro atoms. The highest BCUT2D eigenvalue weighted by Gasteiger charge is 1.98. The fourth-order valence-electron chi connectivity index (χ4n) is 3.12. The third-order valence-corrected chi connectivity index (χ3v) is 4.86. The maximum Gasteiger partial charge on any atom is 0.0466 e. The number of rotatable bonds is 20. The molecule has 0 saturated heterocycles. The van der Waals surface area contributed by atoms with Crippen molar-refractivity contribution in [3.05, 3.63) is 0 Å². The molecule has 0 rings (SSSR count). The zero-order valence-corrected chi connectivity index (χ0v) is 17.3. The molecule has 0 aliphatic heterocycles. The van der Waals surface area contributed by atoms with Gasteiger partial charge in [-0.2, -0.15) is 0 Å². The SMILES string of the molecule is CCCCCCCCOCCCCCCN(C)CCCCCCC. The van der Waals surface area contributed by atoms with Gasteiger partial charge in [0.1, 0.15) is 0 Å². The smallest absolute Gasteiger partial charge is 0.0466 e. The summed E-state index contributed by atoms with van der Waals surface area (Å²) in [6, 6.07) is 0. The van der Waals surface area contributed by atoms with Crippen LogP contribution in [0.4, 0.5) is 0 Å². The molecule has 2 nitrogen and oxygen atoms in total. The standard InChI is InChI=1S/C22H47NO/c1-4-6-8-10-13-17-21-24-22-18-14-12-16-20-23(3)19-15-11-9-7-5-2/h4-22H2,1-3H3. The highest BCUT2D eigenvalue weighted by Crippen LogP contribution is 2.07. The topological polar surface area (TPSA) is 12.5 Å². The van der Waals surface area contributed by atoms with E-state index in [1.165, 1.54) is 109 Å². The Balaban J connectivity index is 3.08. The Morgan fingerprint density at radius 1 is 0.500 bits per heavy atom. The molecule has 0 unspecified atom stereocenters. The molecule has 2 heteroatoms. The van der Waals surface area contributed by atoms with E-state index in [1.54, 1.807) is 0 Å². The van der Waals surface area contributed by atoms with Gasteiger partial charge in [0.05, 0.1) is 0 Å². The quantitative estimate of drug-likeness (QED) is 0.225. The summed E-state index contributed by atoms with van der Waals surface area (Å²) in [6.07, 6.45) is 20.4. The minimum absolute atomic E-state index is 0.974. The monoisotopic (exact) mass is 341 g/mol. The Morgan fingerprint density at radius 2 is 0.875 bits per heavy atom. The molecule has 0 bridgehead atoms. The summed E-state index contributed by atoms with van der Waals surface area (Å²) in [5.74, 6) is 0. The normalized spacial score (nSPS) is 11.5. The minimum atomic E-state index is 0.974. The first-order chi connectivity index (χ1) is 11.8. The van der Waals surface area contributed by atoms with Gasteiger partial charge < -0.3 is 9.64 Å². The van der Waals surface area contributed by atoms with E-state index >= 15 is 0 Å². The zero-order valence-electron chi connectivity index (χ0n) is 17.3. The second kappa shape index (κ2) is 21.0. The number of nitrogens with zero attached hydrogens (tertiary/aromatic N) is 1. The predicted molar refractivity (Wildman–Crippen MR) is 109 cm³/mol. The average molecular weight is 342 g/mol. The third-order valence-electron chi connectivity index (χ3n) is 4.86. The number of hydrogen-bond acceptors (Lipinski definition) is 2. The van der Waals surface area contributed by atoms with Crippen LogP contribution in [-0.2, 0) is 4.74 Å². The van der Waals surface area contributed by atoms with Crippen LogP contribution in [0.2, 0.25) is 0 Å². The molecule has 24 heavy (non-hydrogen) atoms. The maximum atomic E-state index is 5.74. The molecule has 0 aromatic heterocycles. The van der Waals surface area contributed by atoms with Crippen LogP contribution in [0.1, 0.15) is 110 Å². The van der Waals surface area contributed by atoms with Gasteiger partial charge in [0, 0.05) is 13.2 Å². The van der Waals surface area contributed by atoms with Crippen LogP contribution in [0.3, 0.4) is 0 Å². The Morgan fingerprint density at radius 3 is 1.33 bits per heavy atom. The minimum Gasteiger partial charge on any atom is -0.381 e. The number of ether oxygens (including phenoxy) is 1. The van der Waals surface area contributed by atoms with Crippen LogP contribution in [0.15, 0.2) is 0 Å². The van der Waals surface area contributed by atoms with Crippen molar-refractivity contribution in [1.29, 1.82) is 0 Å². The van der Waals surface area contributed by atoms with Crippen molar-refractivity contribution in [2.75, 3.05) is 33.4 Å². The zero-order chi connectivity index (χ0) is 17.7. The molecule has 0 aromatic carbocycles. The molecule has 0 fully saturated rings. The Labute approximate surface area is 153 Å². The molecule has 0 heterocycles. The van der Waals surface area contributed by atoms with Crippen molar-refractivity contribution in [3.8, 4) is 0 Å². The molecule has 146 valence electrons. The van der Waals surface area contributed by atoms with Crippen molar-refractivity contribution in [1.82, 2.24) is 4.90 Å². The molecule has 0 amide bonds. The lowest BCUT2D eigenvalue weighted by molar-refractivity contribution is 0.125. The summed E-state index contributed by atoms with van der Waals surface area (Å²) in [5.41, 5.74) is 0. The van der Waals surface area contributed by atoms with Crippen LogP contribution in [0.25, 0.3) is 0 Å². The van der Waals surface area contributed by atoms with E-state index in [2.05, 4.69) is 25.8 Å². The Hall–Kier alpha value is -0.0800. The van der Waals surface area contributed by atoms with Gasteiger partial charge in [-0.15, -0.1) is 0 Å².